The van der Waals surface area contributed by atoms with E-state index < -0.39 is 0 Å². The number of hydrogen-bond donors (Lipinski definition) is 0. The zero-order valence-electron chi connectivity index (χ0n) is 13.8. The van der Waals surface area contributed by atoms with Gasteiger partial charge in [0.05, 0.1) is 11.7 Å². The van der Waals surface area contributed by atoms with E-state index in [1.165, 1.54) is 0 Å². The summed E-state index contributed by atoms with van der Waals surface area (Å²) < 4.78 is 0. The Labute approximate surface area is 143 Å². The first-order valence-corrected chi connectivity index (χ1v) is 8.69. The molecule has 0 bridgehead atoms. The van der Waals surface area contributed by atoms with Crippen molar-refractivity contribution >= 4 is 5.96 Å². The molecule has 124 valence electrons. The van der Waals surface area contributed by atoms with Crippen LogP contribution in [0.15, 0.2) is 66.1 Å². The van der Waals surface area contributed by atoms with Gasteiger partial charge in [-0.15, -0.1) is 0 Å². The van der Waals surface area contributed by atoms with E-state index in [4.69, 9.17) is 4.99 Å². The van der Waals surface area contributed by atoms with Crippen LogP contribution in [0.4, 0.5) is 0 Å². The monoisotopic (exact) mass is 321 g/mol. The summed E-state index contributed by atoms with van der Waals surface area (Å²) >= 11 is 0. The highest BCUT2D eigenvalue weighted by molar-refractivity contribution is 5.82. The van der Waals surface area contributed by atoms with Gasteiger partial charge in [-0.05, 0) is 31.4 Å². The molecular weight excluding hydrogens is 298 g/mol. The van der Waals surface area contributed by atoms with E-state index in [9.17, 15) is 0 Å². The van der Waals surface area contributed by atoms with Crippen molar-refractivity contribution in [2.45, 2.75) is 25.3 Å². The second kappa shape index (κ2) is 7.01. The Kier molecular flexibility index (Phi) is 4.42. The summed E-state index contributed by atoms with van der Waals surface area (Å²) in [6.45, 7) is 2.96. The summed E-state index contributed by atoms with van der Waals surface area (Å²) in [5.74, 6) is 0.999. The lowest BCUT2D eigenvalue weighted by Gasteiger charge is -2.43. The lowest BCUT2D eigenvalue weighted by atomic mass is 10.1. The third kappa shape index (κ3) is 3.12. The molecule has 1 unspecified atom stereocenters. The van der Waals surface area contributed by atoms with E-state index >= 15 is 0 Å². The Bertz CT molecular complexity index is 664. The van der Waals surface area contributed by atoms with Crippen LogP contribution < -0.4 is 0 Å². The number of pyridine rings is 1. The molecule has 0 N–H and O–H groups in total. The lowest BCUT2D eigenvalue weighted by molar-refractivity contribution is 0.0363. The van der Waals surface area contributed by atoms with Crippen LogP contribution in [0.3, 0.4) is 0 Å². The first kappa shape index (κ1) is 15.1. The predicted octanol–water partition coefficient (Wildman–Crippen LogP) is 3.09. The van der Waals surface area contributed by atoms with E-state index in [-0.39, 0.29) is 6.04 Å². The minimum Gasteiger partial charge on any atom is -0.294 e. The van der Waals surface area contributed by atoms with Crippen LogP contribution >= 0.6 is 0 Å². The molecule has 0 fully saturated rings. The SMILES string of the molecule is C1=CN(C2=NC(c3ccccn3)CCN2N2CC=CCC2)C=CC1. The molecule has 1 atom stereocenters. The summed E-state index contributed by atoms with van der Waals surface area (Å²) in [6.07, 6.45) is 18.0. The standard InChI is InChI=1S/C19H23N5/c1-5-12-22(13-6-1)19-21-18(17-9-3-4-11-20-17)10-16-24(19)23-14-7-2-8-15-23/h2-7,9,11-13,18H,1,8,10,14-16H2. The van der Waals surface area contributed by atoms with Gasteiger partial charge >= 0.3 is 0 Å². The second-order valence-corrected chi connectivity index (χ2v) is 6.20. The van der Waals surface area contributed by atoms with E-state index in [0.717, 1.165) is 50.6 Å². The van der Waals surface area contributed by atoms with Crippen molar-refractivity contribution in [3.8, 4) is 0 Å². The van der Waals surface area contributed by atoms with Crippen molar-refractivity contribution in [1.82, 2.24) is 19.9 Å². The van der Waals surface area contributed by atoms with Gasteiger partial charge in [-0.25, -0.2) is 10.0 Å². The van der Waals surface area contributed by atoms with Crippen LogP contribution in [-0.2, 0) is 0 Å². The van der Waals surface area contributed by atoms with Gasteiger partial charge in [-0.3, -0.25) is 14.9 Å². The van der Waals surface area contributed by atoms with Crippen molar-refractivity contribution < 1.29 is 0 Å². The third-order valence-corrected chi connectivity index (χ3v) is 4.56. The molecule has 0 saturated heterocycles. The molecule has 3 aliphatic rings. The van der Waals surface area contributed by atoms with Crippen LogP contribution in [0.25, 0.3) is 0 Å². The molecule has 4 heterocycles. The summed E-state index contributed by atoms with van der Waals surface area (Å²) in [5.41, 5.74) is 1.05. The molecule has 0 spiro atoms. The van der Waals surface area contributed by atoms with Crippen molar-refractivity contribution in [3.63, 3.8) is 0 Å². The first-order valence-electron chi connectivity index (χ1n) is 8.69. The van der Waals surface area contributed by atoms with Crippen molar-refractivity contribution in [1.29, 1.82) is 0 Å². The van der Waals surface area contributed by atoms with E-state index in [1.54, 1.807) is 0 Å². The molecule has 0 aliphatic carbocycles. The third-order valence-electron chi connectivity index (χ3n) is 4.56. The molecule has 5 heteroatoms. The maximum atomic E-state index is 5.07. The summed E-state index contributed by atoms with van der Waals surface area (Å²) in [6, 6.07) is 6.20. The van der Waals surface area contributed by atoms with Crippen LogP contribution in [0, 0.1) is 0 Å². The largest absolute Gasteiger partial charge is 0.294 e. The molecule has 0 amide bonds. The number of hydrogen-bond acceptors (Lipinski definition) is 5. The Morgan fingerprint density at radius 1 is 1.00 bits per heavy atom. The minimum absolute atomic E-state index is 0.126. The fourth-order valence-corrected chi connectivity index (χ4v) is 3.33. The van der Waals surface area contributed by atoms with Crippen LogP contribution in [0.2, 0.25) is 0 Å². The molecule has 4 rings (SSSR count). The zero-order chi connectivity index (χ0) is 16.2. The minimum atomic E-state index is 0.126. The van der Waals surface area contributed by atoms with Gasteiger partial charge in [-0.2, -0.15) is 0 Å². The summed E-state index contributed by atoms with van der Waals surface area (Å²) in [4.78, 5) is 11.7. The lowest BCUT2D eigenvalue weighted by Crippen LogP contribution is -2.54. The van der Waals surface area contributed by atoms with Crippen LogP contribution in [0.5, 0.6) is 0 Å². The van der Waals surface area contributed by atoms with E-state index in [0.29, 0.717) is 0 Å². The van der Waals surface area contributed by atoms with Gasteiger partial charge in [0.25, 0.3) is 0 Å². The van der Waals surface area contributed by atoms with Gasteiger partial charge in [0.2, 0.25) is 5.96 Å². The number of aromatic nitrogens is 1. The molecule has 0 radical (unpaired) electrons. The molecule has 5 nitrogen and oxygen atoms in total. The second-order valence-electron chi connectivity index (χ2n) is 6.20. The Hall–Kier alpha value is -2.40. The maximum absolute atomic E-state index is 5.07. The number of rotatable bonds is 2. The number of guanidine groups is 1. The smallest absolute Gasteiger partial charge is 0.220 e. The highest BCUT2D eigenvalue weighted by atomic mass is 15.7. The first-order chi connectivity index (χ1) is 11.9. The van der Waals surface area contributed by atoms with E-state index in [2.05, 4.69) is 62.7 Å². The zero-order valence-corrected chi connectivity index (χ0v) is 13.8. The molecule has 0 aromatic carbocycles. The normalized spacial score (nSPS) is 24.3. The number of allylic oxidation sites excluding steroid dienone is 2. The van der Waals surface area contributed by atoms with Crippen LogP contribution in [0.1, 0.15) is 31.0 Å². The summed E-state index contributed by atoms with van der Waals surface area (Å²) in [5, 5.41) is 4.73. The van der Waals surface area contributed by atoms with Gasteiger partial charge in [-0.1, -0.05) is 30.4 Å². The Balaban J connectivity index is 1.65. The fourth-order valence-electron chi connectivity index (χ4n) is 3.33. The highest BCUT2D eigenvalue weighted by Crippen LogP contribution is 2.27. The average molecular weight is 321 g/mol. The van der Waals surface area contributed by atoms with Crippen molar-refractivity contribution in [2.75, 3.05) is 19.6 Å². The fraction of sp³-hybridized carbons (Fsp3) is 0.368. The van der Waals surface area contributed by atoms with Crippen molar-refractivity contribution in [3.05, 3.63) is 66.8 Å². The van der Waals surface area contributed by atoms with Crippen LogP contribution in [-0.4, -0.2) is 45.5 Å². The molecular formula is C19H23N5. The Morgan fingerprint density at radius 3 is 2.67 bits per heavy atom. The number of nitrogens with zero attached hydrogens (tertiary/aromatic N) is 5. The molecule has 24 heavy (non-hydrogen) atoms. The number of aliphatic imine (C=N–C) groups is 1. The van der Waals surface area contributed by atoms with Gasteiger partial charge < -0.3 is 0 Å². The Morgan fingerprint density at radius 2 is 1.92 bits per heavy atom. The van der Waals surface area contributed by atoms with Gasteiger partial charge in [0.15, 0.2) is 0 Å². The van der Waals surface area contributed by atoms with Gasteiger partial charge in [0.1, 0.15) is 0 Å². The molecule has 0 saturated carbocycles. The summed E-state index contributed by atoms with van der Waals surface area (Å²) in [7, 11) is 0. The highest BCUT2D eigenvalue weighted by Gasteiger charge is 2.30. The molecule has 3 aliphatic heterocycles. The quantitative estimate of drug-likeness (QED) is 0.784. The topological polar surface area (TPSA) is 35.0 Å². The average Bonchev–Trinajstić information content (AvgIpc) is 2.69. The molecule has 1 aromatic heterocycles. The van der Waals surface area contributed by atoms with Crippen molar-refractivity contribution in [2.24, 2.45) is 4.99 Å². The van der Waals surface area contributed by atoms with E-state index in [1.807, 2.05) is 18.3 Å². The number of hydrazine groups is 1. The maximum Gasteiger partial charge on any atom is 0.220 e. The van der Waals surface area contributed by atoms with Gasteiger partial charge in [0, 0.05) is 38.2 Å². The molecule has 1 aromatic rings. The predicted molar refractivity (Wildman–Crippen MR) is 95.8 cm³/mol.